The van der Waals surface area contributed by atoms with Crippen LogP contribution in [-0.2, 0) is 19.1 Å². The Labute approximate surface area is 126 Å². The van der Waals surface area contributed by atoms with Gasteiger partial charge in [-0.1, -0.05) is 13.8 Å². The summed E-state index contributed by atoms with van der Waals surface area (Å²) in [5.74, 6) is 1.08. The van der Waals surface area contributed by atoms with Gasteiger partial charge in [0.25, 0.3) is 0 Å². The molecule has 6 heteroatoms. The van der Waals surface area contributed by atoms with E-state index in [0.717, 1.165) is 0 Å². The molecule has 0 rings (SSSR count). The zero-order valence-corrected chi connectivity index (χ0v) is 13.6. The molecule has 0 aliphatic carbocycles. The molecular formula is C13H24O4S2. The van der Waals surface area contributed by atoms with Crippen LogP contribution < -0.4 is 0 Å². The molecule has 0 aromatic carbocycles. The van der Waals surface area contributed by atoms with Crippen molar-refractivity contribution in [3.05, 3.63) is 0 Å². The van der Waals surface area contributed by atoms with E-state index < -0.39 is 6.10 Å². The number of thiol groups is 2. The molecule has 0 aliphatic rings. The number of rotatable bonds is 9. The Morgan fingerprint density at radius 2 is 1.42 bits per heavy atom. The van der Waals surface area contributed by atoms with Gasteiger partial charge in [0.1, 0.15) is 12.7 Å². The topological polar surface area (TPSA) is 52.6 Å². The van der Waals surface area contributed by atoms with Crippen LogP contribution in [-0.4, -0.2) is 36.2 Å². The quantitative estimate of drug-likeness (QED) is 0.507. The van der Waals surface area contributed by atoms with Gasteiger partial charge in [0.15, 0.2) is 0 Å². The molecule has 0 N–H and O–H groups in total. The Kier molecular flexibility index (Phi) is 10.2. The van der Waals surface area contributed by atoms with Gasteiger partial charge in [-0.25, -0.2) is 0 Å². The van der Waals surface area contributed by atoms with Gasteiger partial charge in [0.05, 0.1) is 0 Å². The van der Waals surface area contributed by atoms with Gasteiger partial charge in [-0.05, 0) is 30.3 Å². The minimum Gasteiger partial charge on any atom is -0.462 e. The van der Waals surface area contributed by atoms with Crippen molar-refractivity contribution >= 4 is 37.2 Å². The number of hydrogen-bond acceptors (Lipinski definition) is 6. The maximum atomic E-state index is 11.5. The van der Waals surface area contributed by atoms with E-state index >= 15 is 0 Å². The maximum absolute atomic E-state index is 11.5. The van der Waals surface area contributed by atoms with Crippen LogP contribution in [0.25, 0.3) is 0 Å². The van der Waals surface area contributed by atoms with Gasteiger partial charge >= 0.3 is 11.9 Å². The van der Waals surface area contributed by atoms with Crippen LogP contribution in [0.1, 0.15) is 33.6 Å². The summed E-state index contributed by atoms with van der Waals surface area (Å²) in [6, 6.07) is 0. The Hall–Kier alpha value is -0.360. The van der Waals surface area contributed by atoms with E-state index in [0.29, 0.717) is 24.3 Å². The van der Waals surface area contributed by atoms with Gasteiger partial charge < -0.3 is 9.47 Å². The smallest absolute Gasteiger partial charge is 0.306 e. The van der Waals surface area contributed by atoms with Gasteiger partial charge in [0.2, 0.25) is 0 Å². The first-order valence-corrected chi connectivity index (χ1v) is 7.72. The normalized spacial score (nSPS) is 15.4. The van der Waals surface area contributed by atoms with Gasteiger partial charge in [-0.3, -0.25) is 9.59 Å². The summed E-state index contributed by atoms with van der Waals surface area (Å²) >= 11 is 8.21. The number of hydrogen-bond donors (Lipinski definition) is 2. The fraction of sp³-hybridized carbons (Fsp3) is 0.846. The minimum absolute atomic E-state index is 0.0963. The fourth-order valence-electron chi connectivity index (χ4n) is 1.27. The van der Waals surface area contributed by atoms with Crippen molar-refractivity contribution in [3.8, 4) is 0 Å². The molecule has 0 saturated carbocycles. The first kappa shape index (κ1) is 18.6. The standard InChI is InChI=1S/C13H24O4S2/c1-9(7-18)4-12(14)16-6-11(3)17-13(15)5-10(2)8-19/h9-11,18-19H,4-8H2,1-3H3. The molecule has 0 saturated heterocycles. The molecule has 3 atom stereocenters. The minimum atomic E-state index is -0.421. The molecule has 3 unspecified atom stereocenters. The van der Waals surface area contributed by atoms with Crippen LogP contribution >= 0.6 is 25.3 Å². The molecule has 4 nitrogen and oxygen atoms in total. The van der Waals surface area contributed by atoms with Gasteiger partial charge in [-0.15, -0.1) is 0 Å². The highest BCUT2D eigenvalue weighted by Crippen LogP contribution is 2.08. The Morgan fingerprint density at radius 3 is 1.89 bits per heavy atom. The van der Waals surface area contributed by atoms with Crippen molar-refractivity contribution in [1.82, 2.24) is 0 Å². The SMILES string of the molecule is CC(CS)CC(=O)OCC(C)OC(=O)CC(C)CS. The second-order valence-corrected chi connectivity index (χ2v) is 5.70. The summed E-state index contributed by atoms with van der Waals surface area (Å²) in [6.45, 7) is 5.66. The number of carbonyl (C=O) groups excluding carboxylic acids is 2. The maximum Gasteiger partial charge on any atom is 0.306 e. The molecule has 0 amide bonds. The molecule has 0 aromatic rings. The Balaban J connectivity index is 3.83. The van der Waals surface area contributed by atoms with E-state index in [1.165, 1.54) is 0 Å². The lowest BCUT2D eigenvalue weighted by Gasteiger charge is -2.15. The van der Waals surface area contributed by atoms with Crippen LogP contribution in [0.3, 0.4) is 0 Å². The third kappa shape index (κ3) is 10.1. The molecule has 0 aromatic heterocycles. The zero-order valence-electron chi connectivity index (χ0n) is 11.8. The zero-order chi connectivity index (χ0) is 14.8. The molecule has 0 heterocycles. The molecule has 19 heavy (non-hydrogen) atoms. The molecule has 0 aliphatic heterocycles. The van der Waals surface area contributed by atoms with Crippen molar-refractivity contribution in [2.24, 2.45) is 11.8 Å². The van der Waals surface area contributed by atoms with Crippen LogP contribution in [0.2, 0.25) is 0 Å². The van der Waals surface area contributed by atoms with Gasteiger partial charge in [0, 0.05) is 12.8 Å². The highest BCUT2D eigenvalue weighted by atomic mass is 32.1. The van der Waals surface area contributed by atoms with Crippen LogP contribution in [0, 0.1) is 11.8 Å². The van der Waals surface area contributed by atoms with E-state index in [1.807, 2.05) is 13.8 Å². The molecule has 0 spiro atoms. The van der Waals surface area contributed by atoms with E-state index in [9.17, 15) is 9.59 Å². The summed E-state index contributed by atoms with van der Waals surface area (Å²) in [4.78, 5) is 22.9. The monoisotopic (exact) mass is 308 g/mol. The van der Waals surface area contributed by atoms with Crippen molar-refractivity contribution in [1.29, 1.82) is 0 Å². The Bertz CT molecular complexity index is 284. The van der Waals surface area contributed by atoms with Crippen LogP contribution in [0.15, 0.2) is 0 Å². The Morgan fingerprint density at radius 1 is 0.947 bits per heavy atom. The average Bonchev–Trinajstić information content (AvgIpc) is 2.35. The van der Waals surface area contributed by atoms with E-state index in [4.69, 9.17) is 9.47 Å². The number of carbonyl (C=O) groups is 2. The lowest BCUT2D eigenvalue weighted by atomic mass is 10.1. The van der Waals surface area contributed by atoms with Crippen molar-refractivity contribution in [2.75, 3.05) is 18.1 Å². The van der Waals surface area contributed by atoms with Gasteiger partial charge in [-0.2, -0.15) is 25.3 Å². The predicted octanol–water partition coefficient (Wildman–Crippen LogP) is 2.37. The molecule has 0 bridgehead atoms. The summed E-state index contributed by atoms with van der Waals surface area (Å²) < 4.78 is 10.2. The van der Waals surface area contributed by atoms with Crippen molar-refractivity contribution < 1.29 is 19.1 Å². The van der Waals surface area contributed by atoms with Crippen molar-refractivity contribution in [2.45, 2.75) is 39.7 Å². The first-order chi connectivity index (χ1) is 8.88. The number of ether oxygens (including phenoxy) is 2. The van der Waals surface area contributed by atoms with E-state index in [2.05, 4.69) is 25.3 Å². The first-order valence-electron chi connectivity index (χ1n) is 6.45. The third-order valence-electron chi connectivity index (χ3n) is 2.47. The largest absolute Gasteiger partial charge is 0.462 e. The summed E-state index contributed by atoms with van der Waals surface area (Å²) in [6.07, 6.45) is 0.245. The molecule has 0 radical (unpaired) electrons. The van der Waals surface area contributed by atoms with Crippen LogP contribution in [0.4, 0.5) is 0 Å². The van der Waals surface area contributed by atoms with E-state index in [1.54, 1.807) is 6.92 Å². The molecule has 0 fully saturated rings. The lowest BCUT2D eigenvalue weighted by molar-refractivity contribution is -0.158. The third-order valence-corrected chi connectivity index (χ3v) is 3.71. The summed E-state index contributed by atoms with van der Waals surface area (Å²) in [5.41, 5.74) is 0. The fourth-order valence-corrected chi connectivity index (χ4v) is 1.53. The molecule has 112 valence electrons. The highest BCUT2D eigenvalue weighted by molar-refractivity contribution is 7.80. The van der Waals surface area contributed by atoms with Crippen molar-refractivity contribution in [3.63, 3.8) is 0 Å². The highest BCUT2D eigenvalue weighted by Gasteiger charge is 2.15. The summed E-state index contributed by atoms with van der Waals surface area (Å²) in [7, 11) is 0. The summed E-state index contributed by atoms with van der Waals surface area (Å²) in [5, 5.41) is 0. The van der Waals surface area contributed by atoms with E-state index in [-0.39, 0.29) is 30.4 Å². The average molecular weight is 308 g/mol. The second-order valence-electron chi connectivity index (χ2n) is 4.97. The predicted molar refractivity (Wildman–Crippen MR) is 81.8 cm³/mol. The molecular weight excluding hydrogens is 284 g/mol. The second kappa shape index (κ2) is 10.4. The van der Waals surface area contributed by atoms with Crippen LogP contribution in [0.5, 0.6) is 0 Å². The number of esters is 2. The lowest BCUT2D eigenvalue weighted by Crippen LogP contribution is -2.24.